The van der Waals surface area contributed by atoms with E-state index in [0.29, 0.717) is 24.7 Å². The zero-order valence-corrected chi connectivity index (χ0v) is 8.04. The number of nitrogens with one attached hydrogen (secondary N) is 1. The van der Waals surface area contributed by atoms with E-state index < -0.39 is 0 Å². The molecular weight excluding hydrogens is 166 g/mol. The van der Waals surface area contributed by atoms with E-state index in [1.54, 1.807) is 0 Å². The minimum Gasteiger partial charge on any atom is -0.396 e. The fourth-order valence-electron chi connectivity index (χ4n) is 2.63. The van der Waals surface area contributed by atoms with Gasteiger partial charge in [0.1, 0.15) is 0 Å². The lowest BCUT2D eigenvalue weighted by molar-refractivity contribution is 0.0544. The first-order valence-corrected chi connectivity index (χ1v) is 5.37. The molecule has 2 N–H and O–H groups in total. The molecule has 2 heterocycles. The smallest absolute Gasteiger partial charge is 0.0619 e. The molecule has 76 valence electrons. The van der Waals surface area contributed by atoms with Crippen molar-refractivity contribution < 1.29 is 9.84 Å². The van der Waals surface area contributed by atoms with E-state index in [0.717, 1.165) is 19.6 Å². The number of hydrogen-bond donors (Lipinski definition) is 2. The molecule has 0 aromatic rings. The van der Waals surface area contributed by atoms with Gasteiger partial charge in [0, 0.05) is 25.2 Å². The Morgan fingerprint density at radius 3 is 3.00 bits per heavy atom. The van der Waals surface area contributed by atoms with Gasteiger partial charge in [-0.3, -0.25) is 0 Å². The van der Waals surface area contributed by atoms with Crippen LogP contribution in [0.25, 0.3) is 0 Å². The van der Waals surface area contributed by atoms with Crippen LogP contribution in [0.3, 0.4) is 0 Å². The van der Waals surface area contributed by atoms with Crippen LogP contribution < -0.4 is 5.32 Å². The van der Waals surface area contributed by atoms with Crippen molar-refractivity contribution in [1.82, 2.24) is 5.32 Å². The van der Waals surface area contributed by atoms with Crippen molar-refractivity contribution in [3.8, 4) is 0 Å². The Hall–Kier alpha value is -0.120. The van der Waals surface area contributed by atoms with Crippen LogP contribution in [0.4, 0.5) is 0 Å². The van der Waals surface area contributed by atoms with Crippen LogP contribution >= 0.6 is 0 Å². The van der Waals surface area contributed by atoms with E-state index in [1.165, 1.54) is 19.3 Å². The second-order valence-electron chi connectivity index (χ2n) is 4.08. The summed E-state index contributed by atoms with van der Waals surface area (Å²) in [6.45, 7) is 2.32. The Balaban J connectivity index is 1.88. The van der Waals surface area contributed by atoms with Crippen LogP contribution in [0, 0.1) is 5.92 Å². The predicted molar refractivity (Wildman–Crippen MR) is 50.6 cm³/mol. The molecule has 2 fully saturated rings. The van der Waals surface area contributed by atoms with Gasteiger partial charge < -0.3 is 15.2 Å². The molecule has 3 unspecified atom stereocenters. The van der Waals surface area contributed by atoms with Crippen molar-refractivity contribution in [1.29, 1.82) is 0 Å². The van der Waals surface area contributed by atoms with E-state index in [9.17, 15) is 0 Å². The van der Waals surface area contributed by atoms with Gasteiger partial charge in [0.2, 0.25) is 0 Å². The molecule has 2 rings (SSSR count). The molecule has 0 spiro atoms. The summed E-state index contributed by atoms with van der Waals surface area (Å²) in [7, 11) is 0. The summed E-state index contributed by atoms with van der Waals surface area (Å²) in [6, 6.07) is 0.494. The summed E-state index contributed by atoms with van der Waals surface area (Å²) in [4.78, 5) is 0. The van der Waals surface area contributed by atoms with Crippen LogP contribution in [0.1, 0.15) is 25.7 Å². The Morgan fingerprint density at radius 2 is 2.31 bits per heavy atom. The molecule has 0 radical (unpaired) electrons. The van der Waals surface area contributed by atoms with Crippen molar-refractivity contribution in [2.75, 3.05) is 19.8 Å². The van der Waals surface area contributed by atoms with Gasteiger partial charge in [-0.2, -0.15) is 0 Å². The van der Waals surface area contributed by atoms with Crippen molar-refractivity contribution in [3.05, 3.63) is 0 Å². The van der Waals surface area contributed by atoms with Gasteiger partial charge in [-0.1, -0.05) is 0 Å². The van der Waals surface area contributed by atoms with Gasteiger partial charge >= 0.3 is 0 Å². The van der Waals surface area contributed by atoms with Crippen molar-refractivity contribution in [2.24, 2.45) is 5.92 Å². The maximum absolute atomic E-state index is 8.91. The minimum atomic E-state index is 0.293. The fourth-order valence-corrected chi connectivity index (χ4v) is 2.63. The summed E-state index contributed by atoms with van der Waals surface area (Å²) >= 11 is 0. The van der Waals surface area contributed by atoms with Gasteiger partial charge in [0.05, 0.1) is 6.10 Å². The molecule has 2 aliphatic heterocycles. The minimum absolute atomic E-state index is 0.293. The predicted octanol–water partition coefficient (Wildman–Crippen LogP) is 0.526. The fraction of sp³-hybridized carbons (Fsp3) is 1.00. The largest absolute Gasteiger partial charge is 0.396 e. The highest BCUT2D eigenvalue weighted by molar-refractivity contribution is 4.89. The SMILES string of the molecule is OCCC1NCCC1C1CCCO1. The molecule has 0 aliphatic carbocycles. The third kappa shape index (κ3) is 2.03. The van der Waals surface area contributed by atoms with Gasteiger partial charge in [0.25, 0.3) is 0 Å². The zero-order valence-electron chi connectivity index (χ0n) is 8.04. The zero-order chi connectivity index (χ0) is 9.10. The van der Waals surface area contributed by atoms with E-state index in [-0.39, 0.29) is 0 Å². The maximum Gasteiger partial charge on any atom is 0.0619 e. The lowest BCUT2D eigenvalue weighted by atomic mass is 9.91. The number of hydrogen-bond acceptors (Lipinski definition) is 3. The molecule has 0 bridgehead atoms. The van der Waals surface area contributed by atoms with Crippen molar-refractivity contribution in [3.63, 3.8) is 0 Å². The number of rotatable bonds is 3. The Bertz CT molecular complexity index is 157. The summed E-state index contributed by atoms with van der Waals surface area (Å²) in [5.41, 5.74) is 0. The number of aliphatic hydroxyl groups is 1. The third-order valence-electron chi connectivity index (χ3n) is 3.28. The molecule has 3 atom stereocenters. The van der Waals surface area contributed by atoms with E-state index in [2.05, 4.69) is 5.32 Å². The first-order chi connectivity index (χ1) is 6.42. The lowest BCUT2D eigenvalue weighted by Gasteiger charge is -2.23. The molecule has 2 aliphatic rings. The lowest BCUT2D eigenvalue weighted by Crippen LogP contribution is -2.34. The molecule has 0 aromatic carbocycles. The summed E-state index contributed by atoms with van der Waals surface area (Å²) in [6.07, 6.45) is 4.99. The summed E-state index contributed by atoms with van der Waals surface area (Å²) in [5, 5.41) is 12.4. The highest BCUT2D eigenvalue weighted by Crippen LogP contribution is 2.29. The van der Waals surface area contributed by atoms with Gasteiger partial charge in [-0.05, 0) is 32.2 Å². The molecular formula is C10H19NO2. The van der Waals surface area contributed by atoms with Gasteiger partial charge in [0.15, 0.2) is 0 Å². The highest BCUT2D eigenvalue weighted by atomic mass is 16.5. The summed E-state index contributed by atoms with van der Waals surface area (Å²) in [5.74, 6) is 0.648. The first-order valence-electron chi connectivity index (χ1n) is 5.37. The molecule has 3 heteroatoms. The van der Waals surface area contributed by atoms with Gasteiger partial charge in [-0.25, -0.2) is 0 Å². The van der Waals surface area contributed by atoms with Crippen molar-refractivity contribution in [2.45, 2.75) is 37.8 Å². The molecule has 13 heavy (non-hydrogen) atoms. The van der Waals surface area contributed by atoms with Crippen molar-refractivity contribution >= 4 is 0 Å². The number of ether oxygens (including phenoxy) is 1. The Kier molecular flexibility index (Phi) is 3.19. The quantitative estimate of drug-likeness (QED) is 0.674. The molecule has 0 aromatic heterocycles. The second-order valence-corrected chi connectivity index (χ2v) is 4.08. The highest BCUT2D eigenvalue weighted by Gasteiger charge is 2.35. The monoisotopic (exact) mass is 185 g/mol. The Morgan fingerprint density at radius 1 is 1.38 bits per heavy atom. The molecule has 0 saturated carbocycles. The third-order valence-corrected chi connectivity index (χ3v) is 3.28. The molecule has 3 nitrogen and oxygen atoms in total. The van der Waals surface area contributed by atoms with Crippen LogP contribution in [0.15, 0.2) is 0 Å². The molecule has 2 saturated heterocycles. The van der Waals surface area contributed by atoms with E-state index in [4.69, 9.17) is 9.84 Å². The summed E-state index contributed by atoms with van der Waals surface area (Å²) < 4.78 is 5.69. The van der Waals surface area contributed by atoms with Gasteiger partial charge in [-0.15, -0.1) is 0 Å². The topological polar surface area (TPSA) is 41.5 Å². The standard InChI is InChI=1S/C10H19NO2/c12-6-4-9-8(3-5-11-9)10-2-1-7-13-10/h8-12H,1-7H2. The normalized spacial score (nSPS) is 39.9. The van der Waals surface area contributed by atoms with Crippen LogP contribution in [0.2, 0.25) is 0 Å². The van der Waals surface area contributed by atoms with Crippen LogP contribution in [-0.2, 0) is 4.74 Å². The van der Waals surface area contributed by atoms with E-state index >= 15 is 0 Å². The average Bonchev–Trinajstić information content (AvgIpc) is 2.71. The molecule has 0 amide bonds. The van der Waals surface area contributed by atoms with E-state index in [1.807, 2.05) is 0 Å². The van der Waals surface area contributed by atoms with Crippen LogP contribution in [0.5, 0.6) is 0 Å². The van der Waals surface area contributed by atoms with Crippen LogP contribution in [-0.4, -0.2) is 37.0 Å². The Labute approximate surface area is 79.5 Å². The maximum atomic E-state index is 8.91. The average molecular weight is 185 g/mol. The first kappa shape index (κ1) is 9.44. The number of aliphatic hydroxyl groups excluding tert-OH is 1. The second kappa shape index (κ2) is 4.40.